The standard InChI is InChI=1S/C22H25N3OS/c1-24(22(26)20-13-21-19(23-20)8-10-27-21)17-7-4-9-25(14-17)18-11-15-5-2-3-6-16(15)12-18/h2-3,5-6,8,10,13,17-18,23H,4,7,9,11-12,14H2,1H3. The lowest BCUT2D eigenvalue weighted by Crippen LogP contribution is -2.51. The number of carbonyl (C=O) groups excluding carboxylic acids is 1. The number of hydrogen-bond donors (Lipinski definition) is 1. The van der Waals surface area contributed by atoms with Gasteiger partial charge in [-0.3, -0.25) is 9.69 Å². The molecule has 5 rings (SSSR count). The van der Waals surface area contributed by atoms with Crippen LogP contribution in [-0.2, 0) is 12.8 Å². The minimum Gasteiger partial charge on any atom is -0.350 e. The zero-order valence-electron chi connectivity index (χ0n) is 15.6. The Balaban J connectivity index is 1.28. The molecule has 1 saturated heterocycles. The molecule has 2 aliphatic rings. The number of nitrogens with zero attached hydrogens (tertiary/aromatic N) is 2. The number of amides is 1. The lowest BCUT2D eigenvalue weighted by molar-refractivity contribution is 0.0551. The van der Waals surface area contributed by atoms with Crippen LogP contribution >= 0.6 is 11.3 Å². The van der Waals surface area contributed by atoms with E-state index in [-0.39, 0.29) is 11.9 Å². The van der Waals surface area contributed by atoms with Gasteiger partial charge in [0.1, 0.15) is 5.69 Å². The van der Waals surface area contributed by atoms with Crippen LogP contribution < -0.4 is 0 Å². The second-order valence-electron chi connectivity index (χ2n) is 7.92. The minimum atomic E-state index is 0.111. The van der Waals surface area contributed by atoms with Crippen LogP contribution in [0.2, 0.25) is 0 Å². The highest BCUT2D eigenvalue weighted by Gasteiger charge is 2.33. The third-order valence-corrected chi connectivity index (χ3v) is 7.18. The van der Waals surface area contributed by atoms with Crippen LogP contribution in [0.5, 0.6) is 0 Å². The third-order valence-electron chi connectivity index (χ3n) is 6.31. The van der Waals surface area contributed by atoms with Crippen molar-refractivity contribution in [3.8, 4) is 0 Å². The maximum atomic E-state index is 13.0. The number of likely N-dealkylation sites (tertiary alicyclic amines) is 1. The molecular formula is C22H25N3OS. The van der Waals surface area contributed by atoms with Crippen molar-refractivity contribution >= 4 is 27.5 Å². The molecule has 1 unspecified atom stereocenters. The molecule has 1 fully saturated rings. The van der Waals surface area contributed by atoms with E-state index in [0.29, 0.717) is 11.7 Å². The molecular weight excluding hydrogens is 354 g/mol. The van der Waals surface area contributed by atoms with Crippen molar-refractivity contribution in [2.24, 2.45) is 0 Å². The molecule has 27 heavy (non-hydrogen) atoms. The first-order valence-corrected chi connectivity index (χ1v) is 10.7. The van der Waals surface area contributed by atoms with E-state index in [0.717, 1.165) is 49.0 Å². The topological polar surface area (TPSA) is 39.3 Å². The Morgan fingerprint density at radius 1 is 1.22 bits per heavy atom. The van der Waals surface area contributed by atoms with Gasteiger partial charge in [0, 0.05) is 25.7 Å². The summed E-state index contributed by atoms with van der Waals surface area (Å²) >= 11 is 1.67. The van der Waals surface area contributed by atoms with Gasteiger partial charge in [-0.2, -0.15) is 0 Å². The van der Waals surface area contributed by atoms with Gasteiger partial charge in [0.2, 0.25) is 0 Å². The van der Waals surface area contributed by atoms with Crippen LogP contribution in [0, 0.1) is 0 Å². The van der Waals surface area contributed by atoms with Crippen molar-refractivity contribution in [1.82, 2.24) is 14.8 Å². The average molecular weight is 380 g/mol. The molecule has 0 saturated carbocycles. The summed E-state index contributed by atoms with van der Waals surface area (Å²) in [5.41, 5.74) is 4.77. The number of fused-ring (bicyclic) bond motifs is 2. The van der Waals surface area contributed by atoms with E-state index in [1.165, 1.54) is 11.1 Å². The molecule has 1 N–H and O–H groups in total. The van der Waals surface area contributed by atoms with Gasteiger partial charge in [0.15, 0.2) is 0 Å². The fourth-order valence-electron chi connectivity index (χ4n) is 4.74. The summed E-state index contributed by atoms with van der Waals surface area (Å²) in [4.78, 5) is 20.9. The molecule has 1 aromatic carbocycles. The molecule has 1 amide bonds. The van der Waals surface area contributed by atoms with Gasteiger partial charge in [0.25, 0.3) is 5.91 Å². The normalized spacial score (nSPS) is 20.9. The van der Waals surface area contributed by atoms with E-state index in [2.05, 4.69) is 39.5 Å². The molecule has 3 aromatic rings. The molecule has 1 aliphatic carbocycles. The number of aromatic nitrogens is 1. The largest absolute Gasteiger partial charge is 0.350 e. The number of nitrogens with one attached hydrogen (secondary N) is 1. The smallest absolute Gasteiger partial charge is 0.270 e. The van der Waals surface area contributed by atoms with Crippen LogP contribution in [0.15, 0.2) is 41.8 Å². The number of aromatic amines is 1. The molecule has 0 spiro atoms. The number of hydrogen-bond acceptors (Lipinski definition) is 3. The van der Waals surface area contributed by atoms with Crippen molar-refractivity contribution in [3.63, 3.8) is 0 Å². The van der Waals surface area contributed by atoms with Gasteiger partial charge in [0.05, 0.1) is 10.2 Å². The Bertz CT molecular complexity index is 921. The van der Waals surface area contributed by atoms with E-state index in [1.54, 1.807) is 11.3 Å². The lowest BCUT2D eigenvalue weighted by Gasteiger charge is -2.40. The van der Waals surface area contributed by atoms with E-state index in [4.69, 9.17) is 0 Å². The van der Waals surface area contributed by atoms with E-state index in [9.17, 15) is 4.79 Å². The molecule has 4 nitrogen and oxygen atoms in total. The first-order valence-electron chi connectivity index (χ1n) is 9.83. The Hall–Kier alpha value is -2.11. The second-order valence-corrected chi connectivity index (χ2v) is 8.87. The molecule has 0 bridgehead atoms. The van der Waals surface area contributed by atoms with Crippen molar-refractivity contribution in [3.05, 3.63) is 58.6 Å². The van der Waals surface area contributed by atoms with Gasteiger partial charge in [-0.25, -0.2) is 0 Å². The molecule has 3 heterocycles. The fourth-order valence-corrected chi connectivity index (χ4v) is 5.53. The highest BCUT2D eigenvalue weighted by Crippen LogP contribution is 2.29. The van der Waals surface area contributed by atoms with Gasteiger partial charge in [-0.05, 0) is 60.9 Å². The first-order chi connectivity index (χ1) is 13.2. The number of likely N-dealkylation sites (N-methyl/N-ethyl adjacent to an activating group) is 1. The SMILES string of the molecule is CN(C(=O)c1cc2sccc2[nH]1)C1CCCN(C2Cc3ccccc3C2)C1. The number of benzene rings is 1. The van der Waals surface area contributed by atoms with E-state index < -0.39 is 0 Å². The van der Waals surface area contributed by atoms with Crippen LogP contribution in [-0.4, -0.2) is 52.9 Å². The first kappa shape index (κ1) is 17.0. The zero-order valence-corrected chi connectivity index (χ0v) is 16.5. The molecule has 1 aliphatic heterocycles. The number of thiophene rings is 1. The predicted octanol–water partition coefficient (Wildman–Crippen LogP) is 3.93. The van der Waals surface area contributed by atoms with Gasteiger partial charge in [-0.1, -0.05) is 24.3 Å². The molecule has 2 aromatic heterocycles. The summed E-state index contributed by atoms with van der Waals surface area (Å²) in [5.74, 6) is 0.111. The Kier molecular flexibility index (Phi) is 4.29. The van der Waals surface area contributed by atoms with Crippen molar-refractivity contribution in [1.29, 1.82) is 0 Å². The second kappa shape index (κ2) is 6.80. The summed E-state index contributed by atoms with van der Waals surface area (Å²) in [6.07, 6.45) is 4.54. The summed E-state index contributed by atoms with van der Waals surface area (Å²) in [7, 11) is 1.97. The van der Waals surface area contributed by atoms with E-state index >= 15 is 0 Å². The fraction of sp³-hybridized carbons (Fsp3) is 0.409. The lowest BCUT2D eigenvalue weighted by atomic mass is 10.0. The quantitative estimate of drug-likeness (QED) is 0.749. The molecule has 5 heteroatoms. The molecule has 0 radical (unpaired) electrons. The summed E-state index contributed by atoms with van der Waals surface area (Å²) in [5, 5.41) is 2.05. The van der Waals surface area contributed by atoms with Crippen LogP contribution in [0.25, 0.3) is 10.2 Å². The molecule has 140 valence electrons. The maximum Gasteiger partial charge on any atom is 0.270 e. The average Bonchev–Trinajstić information content (AvgIpc) is 3.40. The van der Waals surface area contributed by atoms with Crippen molar-refractivity contribution < 1.29 is 4.79 Å². The van der Waals surface area contributed by atoms with E-state index in [1.807, 2.05) is 24.1 Å². The highest BCUT2D eigenvalue weighted by atomic mass is 32.1. The number of rotatable bonds is 3. The Morgan fingerprint density at radius 3 is 2.74 bits per heavy atom. The number of H-pyrrole nitrogens is 1. The van der Waals surface area contributed by atoms with Crippen molar-refractivity contribution in [2.75, 3.05) is 20.1 Å². The summed E-state index contributed by atoms with van der Waals surface area (Å²) in [6.45, 7) is 2.13. The third kappa shape index (κ3) is 3.09. The van der Waals surface area contributed by atoms with Crippen LogP contribution in [0.3, 0.4) is 0 Å². The monoisotopic (exact) mass is 379 g/mol. The Labute approximate surface area is 163 Å². The number of piperidine rings is 1. The zero-order chi connectivity index (χ0) is 18.4. The van der Waals surface area contributed by atoms with Gasteiger partial charge < -0.3 is 9.88 Å². The highest BCUT2D eigenvalue weighted by molar-refractivity contribution is 7.17. The van der Waals surface area contributed by atoms with Crippen LogP contribution in [0.1, 0.15) is 34.5 Å². The van der Waals surface area contributed by atoms with Crippen LogP contribution in [0.4, 0.5) is 0 Å². The van der Waals surface area contributed by atoms with Gasteiger partial charge >= 0.3 is 0 Å². The summed E-state index contributed by atoms with van der Waals surface area (Å²) < 4.78 is 1.15. The van der Waals surface area contributed by atoms with Crippen molar-refractivity contribution in [2.45, 2.75) is 37.8 Å². The maximum absolute atomic E-state index is 13.0. The van der Waals surface area contributed by atoms with Gasteiger partial charge in [-0.15, -0.1) is 11.3 Å². The Morgan fingerprint density at radius 2 is 2.00 bits per heavy atom. The number of carbonyl (C=O) groups is 1. The minimum absolute atomic E-state index is 0.111. The predicted molar refractivity (Wildman–Crippen MR) is 111 cm³/mol. The summed E-state index contributed by atoms with van der Waals surface area (Å²) in [6, 6.07) is 13.7. The molecule has 1 atom stereocenters.